The van der Waals surface area contributed by atoms with Gasteiger partial charge in [-0.3, -0.25) is 24.6 Å². The molecule has 1 aromatic rings. The van der Waals surface area contributed by atoms with Crippen LogP contribution in [-0.4, -0.2) is 104 Å². The Hall–Kier alpha value is -3.59. The predicted molar refractivity (Wildman–Crippen MR) is 134 cm³/mol. The van der Waals surface area contributed by atoms with E-state index in [9.17, 15) is 39.3 Å². The minimum atomic E-state index is -1.43. The van der Waals surface area contributed by atoms with Crippen molar-refractivity contribution in [1.29, 1.82) is 0 Å². The molecule has 2 saturated heterocycles. The predicted octanol–water partition coefficient (Wildman–Crippen LogP) is -1.51. The molecular weight excluding hydrogens is 514 g/mol. The first kappa shape index (κ1) is 30.0. The Kier molecular flexibility index (Phi) is 10.3. The van der Waals surface area contributed by atoms with Gasteiger partial charge in [0.2, 0.25) is 11.8 Å². The van der Waals surface area contributed by atoms with Gasteiger partial charge < -0.3 is 30.4 Å². The molecule has 2 heterocycles. The number of ketones is 1. The number of rotatable bonds is 11. The van der Waals surface area contributed by atoms with E-state index < -0.39 is 66.8 Å². The quantitative estimate of drug-likeness (QED) is 0.175. The van der Waals surface area contributed by atoms with Gasteiger partial charge in [-0.1, -0.05) is 30.3 Å². The van der Waals surface area contributed by atoms with E-state index in [1.165, 1.54) is 11.8 Å². The molecule has 214 valence electrons. The van der Waals surface area contributed by atoms with Crippen LogP contribution in [0.15, 0.2) is 30.3 Å². The fourth-order valence-corrected chi connectivity index (χ4v) is 5.10. The molecule has 0 spiro atoms. The summed E-state index contributed by atoms with van der Waals surface area (Å²) in [5.74, 6) is 2.16. The Bertz CT molecular complexity index is 1050. The SMILES string of the molecule is C[C@H](O)[C@H](C(=O)N1CCC[C@H]1C(=O)C1CCC(C(=O)N[C@@H](CO)C(=O)ON)N1)N(Cc1ccccc1)C(=O)O. The maximum atomic E-state index is 13.6. The molecule has 2 unspecified atom stereocenters. The maximum Gasteiger partial charge on any atom is 0.408 e. The number of aliphatic hydroxyl groups excluding tert-OH is 2. The zero-order chi connectivity index (χ0) is 28.7. The number of nitrogens with zero attached hydrogens (tertiary/aromatic N) is 2. The number of carboxylic acid groups (broad SMARTS) is 1. The molecule has 6 atom stereocenters. The van der Waals surface area contributed by atoms with Crippen LogP contribution >= 0.6 is 0 Å². The summed E-state index contributed by atoms with van der Waals surface area (Å²) < 4.78 is 0. The van der Waals surface area contributed by atoms with Crippen LogP contribution < -0.4 is 16.5 Å². The fourth-order valence-electron chi connectivity index (χ4n) is 5.10. The van der Waals surface area contributed by atoms with Crippen LogP contribution in [0.1, 0.15) is 38.2 Å². The highest BCUT2D eigenvalue weighted by Crippen LogP contribution is 2.26. The molecule has 14 heteroatoms. The number of benzene rings is 1. The highest BCUT2D eigenvalue weighted by atomic mass is 16.7. The second kappa shape index (κ2) is 13.5. The van der Waals surface area contributed by atoms with Gasteiger partial charge in [-0.05, 0) is 38.2 Å². The summed E-state index contributed by atoms with van der Waals surface area (Å²) in [7, 11) is 0. The summed E-state index contributed by atoms with van der Waals surface area (Å²) in [5, 5.41) is 34.9. The van der Waals surface area contributed by atoms with Gasteiger partial charge in [0, 0.05) is 13.1 Å². The zero-order valence-corrected chi connectivity index (χ0v) is 21.6. The molecule has 39 heavy (non-hydrogen) atoms. The van der Waals surface area contributed by atoms with E-state index in [-0.39, 0.29) is 31.7 Å². The number of aliphatic hydroxyl groups is 2. The van der Waals surface area contributed by atoms with E-state index in [0.717, 1.165) is 4.90 Å². The van der Waals surface area contributed by atoms with Gasteiger partial charge in [-0.2, -0.15) is 5.90 Å². The van der Waals surface area contributed by atoms with Crippen molar-refractivity contribution in [2.45, 2.75) is 75.5 Å². The number of likely N-dealkylation sites (tertiary alicyclic amines) is 1. The second-order valence-electron chi connectivity index (χ2n) is 9.70. The lowest BCUT2D eigenvalue weighted by Crippen LogP contribution is -2.58. The standard InChI is InChI=1S/C25H35N5O9/c1-14(32)20(30(25(37)38)12-15-6-3-2-4-7-15)23(35)29-11-5-8-19(29)21(33)16-9-10-17(27-16)22(34)28-18(13-31)24(36)39-26/h2-4,6-7,14,16-20,27,31-32H,5,8-13,26H2,1H3,(H,28,34)(H,37,38)/t14-,16?,17?,18-,19-,20+/m0/s1. The number of amides is 3. The summed E-state index contributed by atoms with van der Waals surface area (Å²) >= 11 is 0. The summed E-state index contributed by atoms with van der Waals surface area (Å²) in [6.07, 6.45) is -1.31. The fraction of sp³-hybridized carbons (Fsp3) is 0.560. The first-order valence-electron chi connectivity index (χ1n) is 12.7. The Balaban J connectivity index is 1.70. The van der Waals surface area contributed by atoms with E-state index in [2.05, 4.69) is 15.5 Å². The van der Waals surface area contributed by atoms with Crippen LogP contribution in [0.4, 0.5) is 4.79 Å². The number of hydrogen-bond donors (Lipinski definition) is 6. The summed E-state index contributed by atoms with van der Waals surface area (Å²) in [4.78, 5) is 69.5. The molecule has 1 aromatic carbocycles. The maximum absolute atomic E-state index is 13.6. The second-order valence-corrected chi connectivity index (χ2v) is 9.70. The van der Waals surface area contributed by atoms with Crippen molar-refractivity contribution in [2.75, 3.05) is 13.2 Å². The van der Waals surface area contributed by atoms with Crippen LogP contribution in [0.25, 0.3) is 0 Å². The smallest absolute Gasteiger partial charge is 0.408 e. The molecule has 0 aliphatic carbocycles. The molecule has 2 fully saturated rings. The molecular formula is C25H35N5O9. The van der Waals surface area contributed by atoms with Crippen LogP contribution in [0, 0.1) is 0 Å². The van der Waals surface area contributed by atoms with Crippen molar-refractivity contribution in [1.82, 2.24) is 20.4 Å². The van der Waals surface area contributed by atoms with Gasteiger partial charge in [0.1, 0.15) is 6.04 Å². The zero-order valence-electron chi connectivity index (χ0n) is 21.6. The number of hydrogen-bond acceptors (Lipinski definition) is 10. The van der Waals surface area contributed by atoms with Crippen LogP contribution in [-0.2, 0) is 30.6 Å². The normalized spacial score (nSPS) is 23.0. The van der Waals surface area contributed by atoms with Crippen molar-refractivity contribution in [3.8, 4) is 0 Å². The van der Waals surface area contributed by atoms with Crippen molar-refractivity contribution < 1.29 is 44.1 Å². The Morgan fingerprint density at radius 2 is 1.82 bits per heavy atom. The summed E-state index contributed by atoms with van der Waals surface area (Å²) in [6, 6.07) is 3.43. The van der Waals surface area contributed by atoms with Gasteiger partial charge in [0.15, 0.2) is 11.8 Å². The lowest BCUT2D eigenvalue weighted by Gasteiger charge is -2.35. The number of Topliss-reactive ketones (excluding diaryl/α,β-unsaturated/α-hetero) is 1. The number of carbonyl (C=O) groups excluding carboxylic acids is 4. The van der Waals surface area contributed by atoms with Gasteiger partial charge >= 0.3 is 12.1 Å². The average Bonchev–Trinajstić information content (AvgIpc) is 3.61. The monoisotopic (exact) mass is 549 g/mol. The third-order valence-corrected chi connectivity index (χ3v) is 7.06. The van der Waals surface area contributed by atoms with Crippen molar-refractivity contribution in [3.63, 3.8) is 0 Å². The topological polar surface area (TPSA) is 212 Å². The number of nitrogens with one attached hydrogen (secondary N) is 2. The van der Waals surface area contributed by atoms with Gasteiger partial charge in [0.05, 0.1) is 30.8 Å². The Morgan fingerprint density at radius 3 is 2.41 bits per heavy atom. The molecule has 0 aromatic heterocycles. The van der Waals surface area contributed by atoms with E-state index >= 15 is 0 Å². The summed E-state index contributed by atoms with van der Waals surface area (Å²) in [6.45, 7) is 0.695. The van der Waals surface area contributed by atoms with E-state index in [1.807, 2.05) is 0 Å². The lowest BCUT2D eigenvalue weighted by molar-refractivity contribution is -0.149. The molecule has 7 N–H and O–H groups in total. The van der Waals surface area contributed by atoms with Crippen molar-refractivity contribution in [2.24, 2.45) is 5.90 Å². The van der Waals surface area contributed by atoms with E-state index in [4.69, 9.17) is 5.90 Å². The van der Waals surface area contributed by atoms with Crippen LogP contribution in [0.5, 0.6) is 0 Å². The molecule has 3 amide bonds. The highest BCUT2D eigenvalue weighted by molar-refractivity contribution is 5.96. The van der Waals surface area contributed by atoms with Crippen molar-refractivity contribution >= 4 is 29.7 Å². The minimum absolute atomic E-state index is 0.128. The molecule has 2 aliphatic rings. The Labute approximate surface area is 225 Å². The molecule has 0 saturated carbocycles. The van der Waals surface area contributed by atoms with Gasteiger partial charge in [-0.25, -0.2) is 9.59 Å². The molecule has 14 nitrogen and oxygen atoms in total. The Morgan fingerprint density at radius 1 is 1.15 bits per heavy atom. The number of carbonyl (C=O) groups is 5. The third-order valence-electron chi connectivity index (χ3n) is 7.06. The molecule has 0 radical (unpaired) electrons. The first-order valence-corrected chi connectivity index (χ1v) is 12.7. The third kappa shape index (κ3) is 7.09. The number of nitrogens with two attached hydrogens (primary N) is 1. The highest BCUT2D eigenvalue weighted by Gasteiger charge is 2.45. The molecule has 3 rings (SSSR count). The van der Waals surface area contributed by atoms with E-state index in [0.29, 0.717) is 18.4 Å². The minimum Gasteiger partial charge on any atom is -0.465 e. The first-order chi connectivity index (χ1) is 18.6. The van der Waals surface area contributed by atoms with Crippen LogP contribution in [0.3, 0.4) is 0 Å². The van der Waals surface area contributed by atoms with E-state index in [1.54, 1.807) is 30.3 Å². The van der Waals surface area contributed by atoms with Gasteiger partial charge in [0.25, 0.3) is 0 Å². The van der Waals surface area contributed by atoms with Crippen molar-refractivity contribution in [3.05, 3.63) is 35.9 Å². The molecule has 2 aliphatic heterocycles. The largest absolute Gasteiger partial charge is 0.465 e. The summed E-state index contributed by atoms with van der Waals surface area (Å²) in [5.41, 5.74) is 0.634. The average molecular weight is 550 g/mol. The molecule has 0 bridgehead atoms. The van der Waals surface area contributed by atoms with Gasteiger partial charge in [-0.15, -0.1) is 0 Å². The van der Waals surface area contributed by atoms with Crippen LogP contribution in [0.2, 0.25) is 0 Å². The lowest BCUT2D eigenvalue weighted by atomic mass is 10.00.